The van der Waals surface area contributed by atoms with Crippen molar-refractivity contribution >= 4 is 54.1 Å². The van der Waals surface area contributed by atoms with Gasteiger partial charge in [0.1, 0.15) is 0 Å². The van der Waals surface area contributed by atoms with E-state index in [2.05, 4.69) is 184 Å². The number of aromatic nitrogens is 2. The number of aryl methyl sites for hydroxylation is 2. The van der Waals surface area contributed by atoms with Gasteiger partial charge in [0.05, 0.1) is 11.0 Å². The second-order valence-electron chi connectivity index (χ2n) is 15.7. The van der Waals surface area contributed by atoms with Crippen LogP contribution in [0, 0.1) is 13.8 Å². The fourth-order valence-corrected chi connectivity index (χ4v) is 10.2. The van der Waals surface area contributed by atoms with Gasteiger partial charge in [-0.15, -0.1) is 0 Å². The minimum absolute atomic E-state index is 0.991. The first-order valence-electron chi connectivity index (χ1n) is 20.1. The zero-order valence-corrected chi connectivity index (χ0v) is 32.2. The van der Waals surface area contributed by atoms with Crippen molar-refractivity contribution in [2.24, 2.45) is 0 Å². The number of hydrogen-bond acceptors (Lipinski definition) is 2. The van der Waals surface area contributed by atoms with Crippen molar-refractivity contribution in [3.63, 3.8) is 0 Å². The summed E-state index contributed by atoms with van der Waals surface area (Å²) >= 11 is 0. The minimum atomic E-state index is 0.991. The predicted molar refractivity (Wildman–Crippen MR) is 245 cm³/mol. The second-order valence-corrected chi connectivity index (χ2v) is 15.7. The Balaban J connectivity index is 1.19. The highest BCUT2D eigenvalue weighted by molar-refractivity contribution is 6.30. The Kier molecular flexibility index (Phi) is 7.09. The summed E-state index contributed by atoms with van der Waals surface area (Å²) in [6.45, 7) is 4.41. The van der Waals surface area contributed by atoms with E-state index < -0.39 is 0 Å². The van der Waals surface area contributed by atoms with Crippen LogP contribution in [0.1, 0.15) is 11.1 Å². The Labute approximate surface area is 336 Å². The van der Waals surface area contributed by atoms with Gasteiger partial charge in [-0.2, -0.15) is 0 Å². The molecule has 0 fully saturated rings. The van der Waals surface area contributed by atoms with Crippen molar-refractivity contribution in [2.75, 3.05) is 0 Å². The van der Waals surface area contributed by atoms with Crippen molar-refractivity contribution in [2.45, 2.75) is 13.8 Å². The van der Waals surface area contributed by atoms with Gasteiger partial charge in [-0.3, -0.25) is 9.97 Å². The standard InChI is InChI=1S/C56H36N2/c1-33-15-11-16-34(2)49(33)46-32-48-47(56-42(46)26-14-30-58-56)31-45(41-25-13-29-57-55(41)48)37-27-28-44-52-38(37)23-12-24-43(52)53-50(35-17-5-3-6-18-35)39-21-9-10-22-40(39)51(54(44)53)36-19-7-4-8-20-36/h3-32H,1-2H3. The van der Waals surface area contributed by atoms with Gasteiger partial charge in [-0.05, 0) is 138 Å². The highest BCUT2D eigenvalue weighted by atomic mass is 14.7. The first kappa shape index (κ1) is 32.8. The first-order valence-corrected chi connectivity index (χ1v) is 20.1. The van der Waals surface area contributed by atoms with E-state index in [4.69, 9.17) is 9.97 Å². The first-order chi connectivity index (χ1) is 28.7. The smallest absolute Gasteiger partial charge is 0.0787 e. The van der Waals surface area contributed by atoms with Gasteiger partial charge in [0, 0.05) is 33.9 Å². The molecule has 2 heteroatoms. The maximum absolute atomic E-state index is 5.14. The summed E-state index contributed by atoms with van der Waals surface area (Å²) in [6, 6.07) is 62.4. The molecule has 1 aliphatic rings. The summed E-state index contributed by atoms with van der Waals surface area (Å²) < 4.78 is 0. The number of benzene rings is 9. The molecule has 11 aromatic rings. The summed E-state index contributed by atoms with van der Waals surface area (Å²) in [5.41, 5.74) is 19.5. The van der Waals surface area contributed by atoms with E-state index in [9.17, 15) is 0 Å². The van der Waals surface area contributed by atoms with E-state index in [1.54, 1.807) is 0 Å². The zero-order chi connectivity index (χ0) is 38.5. The largest absolute Gasteiger partial charge is 0.256 e. The number of pyridine rings is 2. The highest BCUT2D eigenvalue weighted by Gasteiger charge is 2.31. The molecule has 0 saturated carbocycles. The Morgan fingerprint density at radius 1 is 0.293 bits per heavy atom. The third-order valence-corrected chi connectivity index (χ3v) is 12.5. The lowest BCUT2D eigenvalue weighted by atomic mass is 9.82. The third-order valence-electron chi connectivity index (χ3n) is 12.5. The van der Waals surface area contributed by atoms with Crippen LogP contribution in [0.15, 0.2) is 182 Å². The predicted octanol–water partition coefficient (Wildman–Crippen LogP) is 15.2. The van der Waals surface area contributed by atoms with Crippen LogP contribution in [0.3, 0.4) is 0 Å². The lowest BCUT2D eigenvalue weighted by molar-refractivity contribution is 1.38. The molecule has 0 saturated heterocycles. The molecular weight excluding hydrogens is 701 g/mol. The number of nitrogens with zero attached hydrogens (tertiary/aromatic N) is 2. The topological polar surface area (TPSA) is 25.8 Å². The summed E-state index contributed by atoms with van der Waals surface area (Å²) in [5.74, 6) is 0. The summed E-state index contributed by atoms with van der Waals surface area (Å²) in [6.07, 6.45) is 3.85. The molecule has 1 aliphatic carbocycles. The molecule has 0 bridgehead atoms. The van der Waals surface area contributed by atoms with E-state index in [0.717, 1.165) is 32.6 Å². The second kappa shape index (κ2) is 12.5. The maximum atomic E-state index is 5.14. The van der Waals surface area contributed by atoms with Gasteiger partial charge >= 0.3 is 0 Å². The van der Waals surface area contributed by atoms with Gasteiger partial charge in [0.25, 0.3) is 0 Å². The van der Waals surface area contributed by atoms with E-state index in [1.807, 2.05) is 12.4 Å². The highest BCUT2D eigenvalue weighted by Crippen LogP contribution is 2.59. The molecule has 9 aromatic carbocycles. The molecule has 2 nitrogen and oxygen atoms in total. The fourth-order valence-electron chi connectivity index (χ4n) is 10.2. The number of fused-ring (bicyclic) bond motifs is 9. The molecule has 0 unspecified atom stereocenters. The lowest BCUT2D eigenvalue weighted by Gasteiger charge is -2.20. The van der Waals surface area contributed by atoms with Crippen molar-refractivity contribution < 1.29 is 0 Å². The van der Waals surface area contributed by atoms with E-state index in [-0.39, 0.29) is 0 Å². The summed E-state index contributed by atoms with van der Waals surface area (Å²) in [5, 5.41) is 9.58. The van der Waals surface area contributed by atoms with Crippen molar-refractivity contribution in [3.8, 4) is 66.8 Å². The normalized spacial score (nSPS) is 12.0. The Bertz CT molecular complexity index is 3400. The average Bonchev–Trinajstić information content (AvgIpc) is 3.60. The molecule has 0 atom stereocenters. The quantitative estimate of drug-likeness (QED) is 0.168. The molecule has 0 spiro atoms. The summed E-state index contributed by atoms with van der Waals surface area (Å²) in [7, 11) is 0. The monoisotopic (exact) mass is 736 g/mol. The van der Waals surface area contributed by atoms with Crippen LogP contribution >= 0.6 is 0 Å². The van der Waals surface area contributed by atoms with Crippen LogP contribution in [0.5, 0.6) is 0 Å². The molecule has 2 aromatic heterocycles. The Morgan fingerprint density at radius 3 is 1.36 bits per heavy atom. The van der Waals surface area contributed by atoms with Gasteiger partial charge in [-0.1, -0.05) is 146 Å². The van der Waals surface area contributed by atoms with Gasteiger partial charge in [0.15, 0.2) is 0 Å². The molecule has 270 valence electrons. The van der Waals surface area contributed by atoms with E-state index >= 15 is 0 Å². The molecule has 58 heavy (non-hydrogen) atoms. The van der Waals surface area contributed by atoms with Crippen molar-refractivity contribution in [1.29, 1.82) is 0 Å². The Morgan fingerprint density at radius 2 is 0.759 bits per heavy atom. The van der Waals surface area contributed by atoms with E-state index in [0.29, 0.717) is 0 Å². The molecule has 0 N–H and O–H groups in total. The summed E-state index contributed by atoms with van der Waals surface area (Å²) in [4.78, 5) is 10.2. The van der Waals surface area contributed by atoms with Crippen molar-refractivity contribution in [3.05, 3.63) is 193 Å². The Hall–Kier alpha value is -7.42. The van der Waals surface area contributed by atoms with Crippen LogP contribution in [0.2, 0.25) is 0 Å². The number of rotatable bonds is 4. The number of hydrogen-bond donors (Lipinski definition) is 0. The molecular formula is C56H36N2. The average molecular weight is 737 g/mol. The minimum Gasteiger partial charge on any atom is -0.256 e. The molecule has 12 rings (SSSR count). The van der Waals surface area contributed by atoms with Gasteiger partial charge in [-0.25, -0.2) is 0 Å². The van der Waals surface area contributed by atoms with Crippen LogP contribution in [-0.2, 0) is 0 Å². The molecule has 0 aliphatic heterocycles. The van der Waals surface area contributed by atoms with Crippen LogP contribution in [0.4, 0.5) is 0 Å². The zero-order valence-electron chi connectivity index (χ0n) is 32.2. The van der Waals surface area contributed by atoms with E-state index in [1.165, 1.54) is 99.4 Å². The molecule has 0 radical (unpaired) electrons. The van der Waals surface area contributed by atoms with Crippen LogP contribution in [0.25, 0.3) is 121 Å². The lowest BCUT2D eigenvalue weighted by Crippen LogP contribution is -1.94. The fraction of sp³-hybridized carbons (Fsp3) is 0.0357. The maximum Gasteiger partial charge on any atom is 0.0787 e. The third kappa shape index (κ3) is 4.60. The van der Waals surface area contributed by atoms with Gasteiger partial charge < -0.3 is 0 Å². The van der Waals surface area contributed by atoms with Gasteiger partial charge in [0.2, 0.25) is 0 Å². The molecule has 2 heterocycles. The SMILES string of the molecule is Cc1cccc(C)c1-c1cc2c(cc(-c3ccc4c5c(cccc35)-c3c-4c(-c4ccccc4)c4ccccc4c3-c3ccccc3)c3cccnc32)c2ncccc12. The molecule has 0 amide bonds. The van der Waals surface area contributed by atoms with Crippen LogP contribution in [-0.4, -0.2) is 9.97 Å². The van der Waals surface area contributed by atoms with Crippen LogP contribution < -0.4 is 0 Å². The van der Waals surface area contributed by atoms with Crippen molar-refractivity contribution in [1.82, 2.24) is 9.97 Å².